The molecule has 6 unspecified atom stereocenters. The number of hydrogen-bond donors (Lipinski definition) is 2. The fraction of sp³-hybridized carbons (Fsp3) is 0.415. The third-order valence-electron chi connectivity index (χ3n) is 12.1. The van der Waals surface area contributed by atoms with Crippen LogP contribution in [0.3, 0.4) is 0 Å². The number of likely N-dealkylation sites (tertiary alicyclic amines) is 2. The van der Waals surface area contributed by atoms with Crippen molar-refractivity contribution >= 4 is 51.1 Å². The molecule has 5 fully saturated rings. The summed E-state index contributed by atoms with van der Waals surface area (Å²) in [4.78, 5) is 26.0. The number of ether oxygens (including phenoxy) is 2. The first-order valence-electron chi connectivity index (χ1n) is 18.9. The quantitative estimate of drug-likeness (QED) is 0.145. The number of fused-ring (bicyclic) bond motifs is 4. The zero-order valence-corrected chi connectivity index (χ0v) is 31.7. The fourth-order valence-corrected chi connectivity index (χ4v) is 9.75. The highest BCUT2D eigenvalue weighted by molar-refractivity contribution is 6.43. The normalized spacial score (nSPS) is 24.7. The van der Waals surface area contributed by atoms with Crippen molar-refractivity contribution < 1.29 is 23.8 Å². The van der Waals surface area contributed by atoms with E-state index in [2.05, 4.69) is 32.9 Å². The Balaban J connectivity index is 1.29. The maximum Gasteiger partial charge on any atom is 0.407 e. The van der Waals surface area contributed by atoms with Gasteiger partial charge in [-0.1, -0.05) is 41.4 Å². The molecular weight excluding hydrogens is 744 g/mol. The van der Waals surface area contributed by atoms with Crippen LogP contribution in [0.5, 0.6) is 11.8 Å². The van der Waals surface area contributed by atoms with Gasteiger partial charge < -0.3 is 29.4 Å². The van der Waals surface area contributed by atoms with Crippen molar-refractivity contribution in [3.63, 3.8) is 0 Å². The minimum Gasteiger partial charge on any atom is -0.476 e. The number of aryl methyl sites for hydroxylation is 1. The van der Waals surface area contributed by atoms with Crippen LogP contribution in [-0.2, 0) is 6.42 Å². The number of halogens is 3. The molecule has 3 aromatic heterocycles. The van der Waals surface area contributed by atoms with Gasteiger partial charge in [0.2, 0.25) is 11.8 Å². The second-order valence-electron chi connectivity index (χ2n) is 15.2. The number of carbonyl (C=O) groups is 1. The van der Waals surface area contributed by atoms with E-state index in [1.165, 1.54) is 4.90 Å². The van der Waals surface area contributed by atoms with Crippen molar-refractivity contribution in [3.05, 3.63) is 81.8 Å². The first-order chi connectivity index (χ1) is 26.7. The summed E-state index contributed by atoms with van der Waals surface area (Å²) in [6.07, 6.45) is 3.97. The molecule has 2 N–H and O–H groups in total. The van der Waals surface area contributed by atoms with Crippen LogP contribution in [-0.4, -0.2) is 87.0 Å². The lowest BCUT2D eigenvalue weighted by Gasteiger charge is -2.39. The molecule has 1 amide bonds. The predicted molar refractivity (Wildman–Crippen MR) is 207 cm³/mol. The lowest BCUT2D eigenvalue weighted by atomic mass is 9.79. The van der Waals surface area contributed by atoms with Gasteiger partial charge in [-0.15, -0.1) is 0 Å². The second kappa shape index (κ2) is 14.4. The Bertz CT molecular complexity index is 2340. The number of carboxylic acid groups (broad SMARTS) is 1. The molecule has 55 heavy (non-hydrogen) atoms. The van der Waals surface area contributed by atoms with Gasteiger partial charge in [0.05, 0.1) is 45.6 Å². The molecule has 5 aliphatic rings. The zero-order chi connectivity index (χ0) is 38.0. The Morgan fingerprint density at radius 2 is 2.04 bits per heavy atom. The minimum absolute atomic E-state index is 0.00834. The van der Waals surface area contributed by atoms with Crippen LogP contribution in [0, 0.1) is 23.1 Å². The summed E-state index contributed by atoms with van der Waals surface area (Å²) >= 11 is 13.2. The first-order valence-corrected chi connectivity index (χ1v) is 19.6. The van der Waals surface area contributed by atoms with Crippen molar-refractivity contribution in [1.29, 1.82) is 5.26 Å². The maximum absolute atomic E-state index is 17.6. The van der Waals surface area contributed by atoms with E-state index in [0.29, 0.717) is 46.7 Å². The molecule has 5 aromatic rings. The Hall–Kier alpha value is -4.67. The van der Waals surface area contributed by atoms with E-state index in [4.69, 9.17) is 37.7 Å². The SMILES string of the molecule is CN1CCCC1COc1nc2c(F)c(-c3cccc(Cl)c3Cl)c(CCC#N)cc2c2c1cc(C1CC(Oc3ccccn3)CN1C(=O)O)n2C1C2CNC1C2. The summed E-state index contributed by atoms with van der Waals surface area (Å²) in [5, 5.41) is 25.7. The van der Waals surface area contributed by atoms with Crippen molar-refractivity contribution in [2.24, 2.45) is 5.92 Å². The van der Waals surface area contributed by atoms with E-state index < -0.39 is 24.1 Å². The lowest BCUT2D eigenvalue weighted by molar-refractivity contribution is 0.131. The van der Waals surface area contributed by atoms with Crippen molar-refractivity contribution in [1.82, 2.24) is 29.7 Å². The van der Waals surface area contributed by atoms with Crippen LogP contribution in [0.2, 0.25) is 10.0 Å². The predicted octanol–water partition coefficient (Wildman–Crippen LogP) is 8.03. The van der Waals surface area contributed by atoms with Gasteiger partial charge in [-0.25, -0.2) is 19.2 Å². The molecule has 1 saturated carbocycles. The molecular formula is C41H40Cl2FN7O4. The van der Waals surface area contributed by atoms with Gasteiger partial charge in [0.1, 0.15) is 18.2 Å². The molecule has 284 valence electrons. The maximum atomic E-state index is 17.6. The number of benzene rings is 2. The Morgan fingerprint density at radius 3 is 2.75 bits per heavy atom. The minimum atomic E-state index is -1.06. The van der Waals surface area contributed by atoms with E-state index in [1.54, 1.807) is 36.5 Å². The number of hydrogen-bond acceptors (Lipinski definition) is 8. The average molecular weight is 785 g/mol. The van der Waals surface area contributed by atoms with Gasteiger partial charge in [0, 0.05) is 65.9 Å². The zero-order valence-electron chi connectivity index (χ0n) is 30.2. The lowest BCUT2D eigenvalue weighted by Crippen LogP contribution is -2.40. The molecule has 11 nitrogen and oxygen atoms in total. The Kier molecular flexibility index (Phi) is 9.45. The number of rotatable bonds is 10. The van der Waals surface area contributed by atoms with Crippen molar-refractivity contribution in [2.45, 2.75) is 68.8 Å². The molecule has 7 heterocycles. The van der Waals surface area contributed by atoms with Gasteiger partial charge in [0.15, 0.2) is 5.82 Å². The average Bonchev–Trinajstić information content (AvgIpc) is 4.02. The van der Waals surface area contributed by atoms with Gasteiger partial charge in [-0.3, -0.25) is 4.90 Å². The number of nitrogens with one attached hydrogen (secondary N) is 1. The molecule has 4 saturated heterocycles. The number of nitrogens with zero attached hydrogens (tertiary/aromatic N) is 6. The van der Waals surface area contributed by atoms with Crippen LogP contribution in [0.25, 0.3) is 32.9 Å². The van der Waals surface area contributed by atoms with Gasteiger partial charge in [0.25, 0.3) is 0 Å². The van der Waals surface area contributed by atoms with Crippen LogP contribution in [0.4, 0.5) is 9.18 Å². The van der Waals surface area contributed by atoms with Crippen LogP contribution in [0.1, 0.15) is 55.4 Å². The molecule has 14 heteroatoms. The molecule has 0 spiro atoms. The molecule has 2 bridgehead atoms. The van der Waals surface area contributed by atoms with Crippen LogP contribution < -0.4 is 14.8 Å². The smallest absolute Gasteiger partial charge is 0.407 e. The van der Waals surface area contributed by atoms with E-state index in [0.717, 1.165) is 43.6 Å². The molecule has 2 aromatic carbocycles. The topological polar surface area (TPSA) is 129 Å². The number of amides is 1. The van der Waals surface area contributed by atoms with Gasteiger partial charge in [-0.2, -0.15) is 5.26 Å². The molecule has 0 radical (unpaired) electrons. The third-order valence-corrected chi connectivity index (χ3v) is 12.9. The summed E-state index contributed by atoms with van der Waals surface area (Å²) in [6.45, 7) is 2.30. The first kappa shape index (κ1) is 36.0. The highest BCUT2D eigenvalue weighted by atomic mass is 35.5. The number of aromatic nitrogens is 3. The summed E-state index contributed by atoms with van der Waals surface area (Å²) in [6, 6.07) is 16.4. The molecule has 6 atom stereocenters. The molecule has 10 rings (SSSR count). The summed E-state index contributed by atoms with van der Waals surface area (Å²) in [7, 11) is 2.08. The summed E-state index contributed by atoms with van der Waals surface area (Å²) < 4.78 is 32.7. The standard InChI is InChI=1S/C41H40Cl2FN7O4/c1-49-14-6-8-24(49)21-54-40-28-18-32(31-17-25(20-50(31)41(52)53)55-33-11-2-3-13-46-33)51(38-23-16-30(38)47-19-23)39(28)27-15-22(7-5-12-45)34(36(44)37(27)48-40)26-9-4-10-29(42)35(26)43/h2-4,9-11,13,15,18,23-25,30-31,38,47H,5-8,14,16-17,19-21H2,1H3,(H,52,53). The van der Waals surface area contributed by atoms with E-state index in [-0.39, 0.29) is 64.5 Å². The van der Waals surface area contributed by atoms with E-state index in [9.17, 15) is 15.2 Å². The number of pyridine rings is 2. The number of nitriles is 1. The molecule has 4 aliphatic heterocycles. The molecule has 1 aliphatic carbocycles. The van der Waals surface area contributed by atoms with E-state index in [1.807, 2.05) is 18.2 Å². The van der Waals surface area contributed by atoms with E-state index >= 15 is 4.39 Å². The Morgan fingerprint density at radius 1 is 1.16 bits per heavy atom. The van der Waals surface area contributed by atoms with Gasteiger partial charge in [-0.05, 0) is 75.0 Å². The monoisotopic (exact) mass is 783 g/mol. The summed E-state index contributed by atoms with van der Waals surface area (Å²) in [5.74, 6) is 0.432. The summed E-state index contributed by atoms with van der Waals surface area (Å²) in [5.41, 5.74) is 2.88. The highest BCUT2D eigenvalue weighted by Crippen LogP contribution is 2.51. The van der Waals surface area contributed by atoms with Crippen LogP contribution in [0.15, 0.2) is 54.7 Å². The highest BCUT2D eigenvalue weighted by Gasteiger charge is 2.51. The van der Waals surface area contributed by atoms with Crippen LogP contribution >= 0.6 is 23.2 Å². The third kappa shape index (κ3) is 6.22. The Labute approximate surface area is 327 Å². The van der Waals surface area contributed by atoms with Gasteiger partial charge >= 0.3 is 6.09 Å². The van der Waals surface area contributed by atoms with Crippen molar-refractivity contribution in [2.75, 3.05) is 33.3 Å². The number of likely N-dealkylation sites (N-methyl/N-ethyl adjacent to an activating group) is 1. The second-order valence-corrected chi connectivity index (χ2v) is 16.0. The fourth-order valence-electron chi connectivity index (χ4n) is 9.36. The van der Waals surface area contributed by atoms with Crippen molar-refractivity contribution in [3.8, 4) is 29.0 Å². The largest absolute Gasteiger partial charge is 0.476 e.